The number of allylic oxidation sites excluding steroid dienone is 1. The Labute approximate surface area is 97.0 Å². The molecule has 0 nitrogen and oxygen atoms in total. The molecule has 1 aromatic heterocycles. The molecule has 0 amide bonds. The van der Waals surface area contributed by atoms with Crippen molar-refractivity contribution in [3.63, 3.8) is 0 Å². The molecule has 0 unspecified atom stereocenters. The predicted octanol–water partition coefficient (Wildman–Crippen LogP) is 4.77. The van der Waals surface area contributed by atoms with Gasteiger partial charge in [-0.05, 0) is 30.2 Å². The highest BCUT2D eigenvalue weighted by Gasteiger charge is 2.34. The average Bonchev–Trinajstić information content (AvgIpc) is 2.83. The van der Waals surface area contributed by atoms with Crippen LogP contribution in [-0.2, 0) is 5.41 Å². The third-order valence-electron chi connectivity index (χ3n) is 3.93. The van der Waals surface area contributed by atoms with Crippen LogP contribution < -0.4 is 0 Å². The minimum Gasteiger partial charge on any atom is -0.148 e. The van der Waals surface area contributed by atoms with E-state index in [0.29, 0.717) is 0 Å². The van der Waals surface area contributed by atoms with E-state index < -0.39 is 0 Å². The van der Waals surface area contributed by atoms with Crippen LogP contribution in [-0.4, -0.2) is 0 Å². The van der Waals surface area contributed by atoms with Crippen molar-refractivity contribution in [1.29, 1.82) is 0 Å². The molecule has 0 aliphatic heterocycles. The molecule has 0 N–H and O–H groups in total. The molecule has 82 valence electrons. The first-order valence-electron chi connectivity index (χ1n) is 5.95. The third-order valence-corrected chi connectivity index (χ3v) is 5.05. The van der Waals surface area contributed by atoms with Crippen LogP contribution in [0.4, 0.5) is 0 Å². The minimum atomic E-state index is 0.217. The predicted molar refractivity (Wildman–Crippen MR) is 68.4 cm³/mol. The Hall–Kier alpha value is -0.560. The Kier molecular flexibility index (Phi) is 3.30. The van der Waals surface area contributed by atoms with E-state index in [1.807, 2.05) is 11.3 Å². The maximum Gasteiger partial charge on any atom is 0.0223 e. The topological polar surface area (TPSA) is 0 Å². The van der Waals surface area contributed by atoms with Crippen LogP contribution in [0, 0.1) is 5.92 Å². The third kappa shape index (κ3) is 2.03. The fraction of sp³-hybridized carbons (Fsp3) is 0.571. The molecule has 0 saturated heterocycles. The second kappa shape index (κ2) is 4.52. The molecule has 0 aromatic carbocycles. The number of hydrogen-bond donors (Lipinski definition) is 0. The maximum absolute atomic E-state index is 4.07. The van der Waals surface area contributed by atoms with E-state index in [1.165, 1.54) is 37.0 Å². The zero-order chi connectivity index (χ0) is 10.7. The zero-order valence-corrected chi connectivity index (χ0v) is 10.4. The normalized spacial score (nSPS) is 22.2. The van der Waals surface area contributed by atoms with Crippen LogP contribution in [0.25, 0.3) is 0 Å². The average molecular weight is 220 g/mol. The van der Waals surface area contributed by atoms with E-state index in [1.54, 1.807) is 0 Å². The van der Waals surface area contributed by atoms with Crippen LogP contribution in [0.3, 0.4) is 0 Å². The summed E-state index contributed by atoms with van der Waals surface area (Å²) >= 11 is 1.88. The van der Waals surface area contributed by atoms with Gasteiger partial charge in [-0.25, -0.2) is 0 Å². The maximum atomic E-state index is 4.07. The summed E-state index contributed by atoms with van der Waals surface area (Å²) in [6.45, 7) is 6.43. The molecule has 15 heavy (non-hydrogen) atoms. The highest BCUT2D eigenvalue weighted by molar-refractivity contribution is 7.10. The molecule has 1 saturated carbocycles. The standard InChI is InChI=1S/C14H20S/c1-3-14(2,13-10-7-11-15-13)12-8-5-4-6-9-12/h3,7,10-12H,1,4-6,8-9H2,2H3/t14-/m0/s1. The summed E-state index contributed by atoms with van der Waals surface area (Å²) in [6, 6.07) is 4.42. The largest absolute Gasteiger partial charge is 0.148 e. The lowest BCUT2D eigenvalue weighted by atomic mass is 9.69. The molecule has 1 aliphatic carbocycles. The van der Waals surface area contributed by atoms with Crippen LogP contribution in [0.1, 0.15) is 43.9 Å². The SMILES string of the molecule is C=C[C@](C)(c1cccs1)C1CCCCC1. The second-order valence-corrected chi connectivity index (χ2v) is 5.75. The van der Waals surface area contributed by atoms with Crippen LogP contribution in [0.2, 0.25) is 0 Å². The van der Waals surface area contributed by atoms with E-state index in [4.69, 9.17) is 0 Å². The van der Waals surface area contributed by atoms with Crippen molar-refractivity contribution < 1.29 is 0 Å². The smallest absolute Gasteiger partial charge is 0.0223 e. The summed E-state index contributed by atoms with van der Waals surface area (Å²) in [7, 11) is 0. The van der Waals surface area contributed by atoms with Gasteiger partial charge in [-0.1, -0.05) is 38.3 Å². The summed E-state index contributed by atoms with van der Waals surface area (Å²) in [4.78, 5) is 1.49. The number of thiophene rings is 1. The Morgan fingerprint density at radius 3 is 2.67 bits per heavy atom. The van der Waals surface area contributed by atoms with Gasteiger partial charge in [-0.3, -0.25) is 0 Å². The van der Waals surface area contributed by atoms with Crippen molar-refractivity contribution in [2.45, 2.75) is 44.4 Å². The lowest BCUT2D eigenvalue weighted by Gasteiger charge is -2.37. The van der Waals surface area contributed by atoms with Gasteiger partial charge >= 0.3 is 0 Å². The second-order valence-electron chi connectivity index (χ2n) is 4.80. The van der Waals surface area contributed by atoms with Crippen molar-refractivity contribution >= 4 is 11.3 Å². The summed E-state index contributed by atoms with van der Waals surface area (Å²) in [5.74, 6) is 0.808. The fourth-order valence-corrected chi connectivity index (χ4v) is 3.72. The minimum absolute atomic E-state index is 0.217. The van der Waals surface area contributed by atoms with Gasteiger partial charge in [0, 0.05) is 10.3 Å². The molecule has 1 aliphatic rings. The van der Waals surface area contributed by atoms with Gasteiger partial charge in [0.1, 0.15) is 0 Å². The Balaban J connectivity index is 2.23. The number of hydrogen-bond acceptors (Lipinski definition) is 1. The van der Waals surface area contributed by atoms with Crippen LogP contribution in [0.15, 0.2) is 30.2 Å². The lowest BCUT2D eigenvalue weighted by molar-refractivity contribution is 0.265. The molecule has 0 bridgehead atoms. The van der Waals surface area contributed by atoms with Gasteiger partial charge in [0.15, 0.2) is 0 Å². The van der Waals surface area contributed by atoms with E-state index in [0.717, 1.165) is 5.92 Å². The zero-order valence-electron chi connectivity index (χ0n) is 9.54. The van der Waals surface area contributed by atoms with Crippen LogP contribution >= 0.6 is 11.3 Å². The van der Waals surface area contributed by atoms with Crippen molar-refractivity contribution in [2.75, 3.05) is 0 Å². The molecule has 0 spiro atoms. The van der Waals surface area contributed by atoms with Gasteiger partial charge in [0.05, 0.1) is 0 Å². The molecule has 0 radical (unpaired) electrons. The first kappa shape index (κ1) is 10.9. The van der Waals surface area contributed by atoms with E-state index in [-0.39, 0.29) is 5.41 Å². The Morgan fingerprint density at radius 2 is 2.13 bits per heavy atom. The van der Waals surface area contributed by atoms with Gasteiger partial charge in [0.2, 0.25) is 0 Å². The van der Waals surface area contributed by atoms with Gasteiger partial charge in [-0.2, -0.15) is 0 Å². The highest BCUT2D eigenvalue weighted by Crippen LogP contribution is 2.43. The molecular weight excluding hydrogens is 200 g/mol. The van der Waals surface area contributed by atoms with E-state index >= 15 is 0 Å². The van der Waals surface area contributed by atoms with Gasteiger partial charge < -0.3 is 0 Å². The van der Waals surface area contributed by atoms with Gasteiger partial charge in [0.25, 0.3) is 0 Å². The first-order chi connectivity index (χ1) is 7.27. The molecule has 1 aromatic rings. The molecule has 1 heteroatoms. The summed E-state index contributed by atoms with van der Waals surface area (Å²) in [5, 5.41) is 2.18. The van der Waals surface area contributed by atoms with E-state index in [2.05, 4.69) is 37.1 Å². The van der Waals surface area contributed by atoms with Crippen molar-refractivity contribution in [3.8, 4) is 0 Å². The van der Waals surface area contributed by atoms with Crippen molar-refractivity contribution in [1.82, 2.24) is 0 Å². The van der Waals surface area contributed by atoms with E-state index in [9.17, 15) is 0 Å². The van der Waals surface area contributed by atoms with Crippen LogP contribution in [0.5, 0.6) is 0 Å². The fourth-order valence-electron chi connectivity index (χ4n) is 2.76. The van der Waals surface area contributed by atoms with Crippen molar-refractivity contribution in [3.05, 3.63) is 35.0 Å². The first-order valence-corrected chi connectivity index (χ1v) is 6.83. The number of rotatable bonds is 3. The summed E-state index contributed by atoms with van der Waals surface area (Å²) in [5.41, 5.74) is 0.217. The van der Waals surface area contributed by atoms with Crippen molar-refractivity contribution in [2.24, 2.45) is 5.92 Å². The molecule has 1 fully saturated rings. The summed E-state index contributed by atoms with van der Waals surface area (Å²) in [6.07, 6.45) is 9.16. The highest BCUT2D eigenvalue weighted by atomic mass is 32.1. The quantitative estimate of drug-likeness (QED) is 0.644. The summed E-state index contributed by atoms with van der Waals surface area (Å²) < 4.78 is 0. The Bertz CT molecular complexity index is 306. The van der Waals surface area contributed by atoms with Gasteiger partial charge in [-0.15, -0.1) is 17.9 Å². The monoisotopic (exact) mass is 220 g/mol. The molecular formula is C14H20S. The molecule has 1 atom stereocenters. The lowest BCUT2D eigenvalue weighted by Crippen LogP contribution is -2.30. The Morgan fingerprint density at radius 1 is 1.40 bits per heavy atom. The molecule has 1 heterocycles. The molecule has 2 rings (SSSR count).